The van der Waals surface area contributed by atoms with Crippen molar-refractivity contribution in [2.45, 2.75) is 44.8 Å². The Labute approximate surface area is 95.6 Å². The van der Waals surface area contributed by atoms with Crippen LogP contribution < -0.4 is 0 Å². The topological polar surface area (TPSA) is 51.1 Å². The fourth-order valence-electron chi connectivity index (χ4n) is 3.68. The van der Waals surface area contributed by atoms with Gasteiger partial charge >= 0.3 is 0 Å². The molecule has 2 saturated carbocycles. The van der Waals surface area contributed by atoms with Gasteiger partial charge in [0.05, 0.1) is 18.9 Å². The quantitative estimate of drug-likeness (QED) is 0.507. The van der Waals surface area contributed by atoms with Gasteiger partial charge in [0.25, 0.3) is 0 Å². The third-order valence-electron chi connectivity index (χ3n) is 4.81. The lowest BCUT2D eigenvalue weighted by Gasteiger charge is -2.44. The average Bonchev–Trinajstić information content (AvgIpc) is 2.85. The second-order valence-electron chi connectivity index (χ2n) is 5.51. The van der Waals surface area contributed by atoms with Gasteiger partial charge < -0.3 is 14.7 Å². The summed E-state index contributed by atoms with van der Waals surface area (Å²) in [7, 11) is 0. The van der Waals surface area contributed by atoms with Crippen molar-refractivity contribution in [3.05, 3.63) is 0 Å². The zero-order valence-electron chi connectivity index (χ0n) is 9.74. The first-order valence-electron chi connectivity index (χ1n) is 6.18. The van der Waals surface area contributed by atoms with E-state index in [4.69, 9.17) is 14.7 Å². The Bertz CT molecular complexity index is 322. The number of ether oxygens (including phenoxy) is 2. The van der Waals surface area contributed by atoms with Crippen molar-refractivity contribution < 1.29 is 14.7 Å². The van der Waals surface area contributed by atoms with Crippen molar-refractivity contribution in [2.75, 3.05) is 13.2 Å². The van der Waals surface area contributed by atoms with Gasteiger partial charge in [-0.1, -0.05) is 12.1 Å². The molecule has 0 aromatic heterocycles. The number of hydrogen-bond donors (Lipinski definition) is 1. The van der Waals surface area contributed by atoms with E-state index >= 15 is 0 Å². The summed E-state index contributed by atoms with van der Waals surface area (Å²) in [6, 6.07) is 0. The van der Waals surface area contributed by atoms with Crippen molar-refractivity contribution in [1.29, 1.82) is 0 Å². The van der Waals surface area contributed by atoms with Gasteiger partial charge in [0.2, 0.25) is 0 Å². The number of hydrogen-bond acceptors (Lipinski definition) is 4. The molecule has 1 heterocycles. The fraction of sp³-hybridized carbons (Fsp3) is 0.917. The summed E-state index contributed by atoms with van der Waals surface area (Å²) in [6.45, 7) is 3.68. The molecule has 0 bridgehead atoms. The minimum Gasteiger partial charge on any atom is -0.411 e. The third kappa shape index (κ3) is 1.32. The van der Waals surface area contributed by atoms with Gasteiger partial charge in [-0.2, -0.15) is 0 Å². The zero-order chi connectivity index (χ0) is 11.2. The standard InChI is InChI=1S/C12H19NO3/c1-11-4-5-12(15-6-7-16-12)8-9(11)2-3-10(11)13-14/h9,14H,2-8H2,1H3/b13-10+/t9-,11+/m1/s1. The summed E-state index contributed by atoms with van der Waals surface area (Å²) in [4.78, 5) is 0. The van der Waals surface area contributed by atoms with Gasteiger partial charge in [0, 0.05) is 18.3 Å². The predicted octanol–water partition coefficient (Wildman–Crippen LogP) is 2.16. The highest BCUT2D eigenvalue weighted by Gasteiger charge is 2.54. The van der Waals surface area contributed by atoms with E-state index in [-0.39, 0.29) is 11.2 Å². The van der Waals surface area contributed by atoms with E-state index < -0.39 is 0 Å². The van der Waals surface area contributed by atoms with Crippen molar-refractivity contribution >= 4 is 5.71 Å². The van der Waals surface area contributed by atoms with Gasteiger partial charge in [-0.3, -0.25) is 0 Å². The number of fused-ring (bicyclic) bond motifs is 1. The number of rotatable bonds is 0. The minimum absolute atomic E-state index is 0.0787. The summed E-state index contributed by atoms with van der Waals surface area (Å²) in [6.07, 6.45) is 4.93. The second-order valence-corrected chi connectivity index (χ2v) is 5.51. The maximum atomic E-state index is 9.05. The smallest absolute Gasteiger partial charge is 0.168 e. The van der Waals surface area contributed by atoms with E-state index in [1.165, 1.54) is 0 Å². The zero-order valence-corrected chi connectivity index (χ0v) is 9.74. The van der Waals surface area contributed by atoms with Crippen molar-refractivity contribution in [3.63, 3.8) is 0 Å². The molecule has 4 nitrogen and oxygen atoms in total. The molecule has 2 aliphatic carbocycles. The first-order chi connectivity index (χ1) is 7.69. The van der Waals surface area contributed by atoms with E-state index in [0.717, 1.165) is 51.0 Å². The van der Waals surface area contributed by atoms with Crippen LogP contribution in [0.15, 0.2) is 5.16 Å². The maximum Gasteiger partial charge on any atom is 0.168 e. The van der Waals surface area contributed by atoms with Crippen LogP contribution >= 0.6 is 0 Å². The lowest BCUT2D eigenvalue weighted by atomic mass is 9.67. The molecule has 16 heavy (non-hydrogen) atoms. The van der Waals surface area contributed by atoms with Crippen LogP contribution in [-0.2, 0) is 9.47 Å². The Balaban J connectivity index is 1.83. The fourth-order valence-corrected chi connectivity index (χ4v) is 3.68. The molecule has 1 N–H and O–H groups in total. The van der Waals surface area contributed by atoms with E-state index in [0.29, 0.717) is 5.92 Å². The van der Waals surface area contributed by atoms with E-state index in [2.05, 4.69) is 12.1 Å². The van der Waals surface area contributed by atoms with Gasteiger partial charge in [-0.05, 0) is 25.2 Å². The summed E-state index contributed by atoms with van der Waals surface area (Å²) < 4.78 is 11.6. The molecular formula is C12H19NO3. The first-order valence-corrected chi connectivity index (χ1v) is 6.18. The Kier molecular flexibility index (Phi) is 2.27. The highest BCUT2D eigenvalue weighted by Crippen LogP contribution is 2.54. The van der Waals surface area contributed by atoms with Crippen molar-refractivity contribution in [3.8, 4) is 0 Å². The Morgan fingerprint density at radius 3 is 2.75 bits per heavy atom. The molecule has 1 spiro atoms. The van der Waals surface area contributed by atoms with Gasteiger partial charge in [0.15, 0.2) is 5.79 Å². The normalized spacial score (nSPS) is 44.1. The molecule has 0 unspecified atom stereocenters. The minimum atomic E-state index is -0.310. The first kappa shape index (κ1) is 10.5. The molecule has 0 aromatic carbocycles. The van der Waals surface area contributed by atoms with E-state index in [9.17, 15) is 0 Å². The van der Waals surface area contributed by atoms with Crippen molar-refractivity contribution in [2.24, 2.45) is 16.5 Å². The van der Waals surface area contributed by atoms with Crippen LogP contribution in [0.1, 0.15) is 39.0 Å². The Morgan fingerprint density at radius 2 is 2.06 bits per heavy atom. The molecule has 0 radical (unpaired) electrons. The van der Waals surface area contributed by atoms with Crippen molar-refractivity contribution in [1.82, 2.24) is 0 Å². The van der Waals surface area contributed by atoms with Gasteiger partial charge in [-0.15, -0.1) is 0 Å². The third-order valence-corrected chi connectivity index (χ3v) is 4.81. The van der Waals surface area contributed by atoms with Crippen LogP contribution in [-0.4, -0.2) is 29.9 Å². The lowest BCUT2D eigenvalue weighted by Crippen LogP contribution is -2.45. The summed E-state index contributed by atoms with van der Waals surface area (Å²) >= 11 is 0. The van der Waals surface area contributed by atoms with Crippen LogP contribution in [0.4, 0.5) is 0 Å². The SMILES string of the molecule is C[C@]12CCC3(C[C@H]1CC/C2=N\O)OCCO3. The largest absolute Gasteiger partial charge is 0.411 e. The molecule has 0 amide bonds. The lowest BCUT2D eigenvalue weighted by molar-refractivity contribution is -0.197. The van der Waals surface area contributed by atoms with E-state index in [1.807, 2.05) is 0 Å². The molecule has 0 aromatic rings. The number of nitrogens with zero attached hydrogens (tertiary/aromatic N) is 1. The molecular weight excluding hydrogens is 206 g/mol. The highest BCUT2D eigenvalue weighted by atomic mass is 16.7. The van der Waals surface area contributed by atoms with E-state index in [1.54, 1.807) is 0 Å². The maximum absolute atomic E-state index is 9.05. The van der Waals surface area contributed by atoms with Crippen LogP contribution in [0, 0.1) is 11.3 Å². The van der Waals surface area contributed by atoms with Gasteiger partial charge in [-0.25, -0.2) is 0 Å². The second kappa shape index (κ2) is 3.44. The molecule has 2 atom stereocenters. The van der Waals surface area contributed by atoms with Crippen LogP contribution in [0.2, 0.25) is 0 Å². The van der Waals surface area contributed by atoms with Crippen LogP contribution in [0.5, 0.6) is 0 Å². The predicted molar refractivity (Wildman–Crippen MR) is 58.5 cm³/mol. The Hall–Kier alpha value is -0.610. The average molecular weight is 225 g/mol. The molecule has 90 valence electrons. The van der Waals surface area contributed by atoms with Crippen LogP contribution in [0.3, 0.4) is 0 Å². The van der Waals surface area contributed by atoms with Crippen LogP contribution in [0.25, 0.3) is 0 Å². The monoisotopic (exact) mass is 225 g/mol. The molecule has 4 heteroatoms. The Morgan fingerprint density at radius 1 is 1.31 bits per heavy atom. The van der Waals surface area contributed by atoms with Gasteiger partial charge in [0.1, 0.15) is 0 Å². The molecule has 1 saturated heterocycles. The molecule has 1 aliphatic heterocycles. The summed E-state index contributed by atoms with van der Waals surface area (Å²) in [5.41, 5.74) is 1.06. The molecule has 3 rings (SSSR count). The summed E-state index contributed by atoms with van der Waals surface area (Å²) in [5.74, 6) is 0.236. The number of oxime groups is 1. The molecule has 3 fully saturated rings. The summed E-state index contributed by atoms with van der Waals surface area (Å²) in [5, 5.41) is 12.5. The highest BCUT2D eigenvalue weighted by molar-refractivity contribution is 5.91. The molecule has 3 aliphatic rings.